The number of ketones is 1. The number of rotatable bonds is 0. The summed E-state index contributed by atoms with van der Waals surface area (Å²) in [4.78, 5) is 12.2. The normalized spacial score (nSPS) is 49.1. The zero-order valence-electron chi connectivity index (χ0n) is 10.8. The Morgan fingerprint density at radius 3 is 2.50 bits per heavy atom. The molecule has 0 heterocycles. The third kappa shape index (κ3) is 1.00. The van der Waals surface area contributed by atoms with Crippen LogP contribution in [0.3, 0.4) is 0 Å². The van der Waals surface area contributed by atoms with Crippen LogP contribution in [-0.4, -0.2) is 5.78 Å². The van der Waals surface area contributed by atoms with Crippen molar-refractivity contribution in [3.8, 4) is 0 Å². The van der Waals surface area contributed by atoms with Gasteiger partial charge in [-0.05, 0) is 48.5 Å². The molecule has 0 aromatic heterocycles. The largest absolute Gasteiger partial charge is 0.295 e. The lowest BCUT2D eigenvalue weighted by Gasteiger charge is -2.64. The van der Waals surface area contributed by atoms with Crippen LogP contribution in [0.2, 0.25) is 0 Å². The Morgan fingerprint density at radius 1 is 1.19 bits per heavy atom. The first-order chi connectivity index (χ1) is 7.38. The molecular weight excluding hydrogens is 196 g/mol. The average Bonchev–Trinajstić information content (AvgIpc) is 2.28. The van der Waals surface area contributed by atoms with Crippen molar-refractivity contribution >= 4 is 5.78 Å². The van der Waals surface area contributed by atoms with E-state index in [0.717, 1.165) is 0 Å². The number of carbonyl (C=O) groups is 1. The van der Waals surface area contributed by atoms with Crippen LogP contribution in [0.1, 0.15) is 47.0 Å². The highest BCUT2D eigenvalue weighted by Crippen LogP contribution is 2.71. The van der Waals surface area contributed by atoms with E-state index in [1.54, 1.807) is 0 Å². The topological polar surface area (TPSA) is 17.1 Å². The second-order valence-corrected chi connectivity index (χ2v) is 7.12. The van der Waals surface area contributed by atoms with Crippen molar-refractivity contribution in [3.63, 3.8) is 0 Å². The summed E-state index contributed by atoms with van der Waals surface area (Å²) in [5, 5.41) is 0. The Labute approximate surface area is 98.3 Å². The van der Waals surface area contributed by atoms with E-state index < -0.39 is 0 Å². The van der Waals surface area contributed by atoms with Gasteiger partial charge in [-0.1, -0.05) is 32.8 Å². The van der Waals surface area contributed by atoms with Gasteiger partial charge < -0.3 is 0 Å². The molecule has 1 heteroatoms. The van der Waals surface area contributed by atoms with E-state index in [4.69, 9.17) is 0 Å². The van der Waals surface area contributed by atoms with Crippen LogP contribution >= 0.6 is 0 Å². The van der Waals surface area contributed by atoms with Gasteiger partial charge in [0, 0.05) is 5.92 Å². The summed E-state index contributed by atoms with van der Waals surface area (Å²) < 4.78 is 0. The Balaban J connectivity index is 2.13. The molecule has 0 N–H and O–H groups in total. The monoisotopic (exact) mass is 218 g/mol. The standard InChI is InChI=1S/C15H22O/c1-9-8-10(16)12-13-11(9)15(12,4)7-5-6-14(13,2)3/h8,11-13H,5-7H2,1-4H3/t11?,12?,13-,15+/m0/s1. The van der Waals surface area contributed by atoms with Gasteiger partial charge in [-0.25, -0.2) is 0 Å². The maximum Gasteiger partial charge on any atom is 0.159 e. The fourth-order valence-electron chi connectivity index (χ4n) is 5.10. The molecule has 1 nitrogen and oxygen atoms in total. The molecule has 0 aromatic rings. The first-order valence-electron chi connectivity index (χ1n) is 6.60. The molecule has 0 radical (unpaired) electrons. The molecule has 4 rings (SSSR count). The zero-order chi connectivity index (χ0) is 11.7. The van der Waals surface area contributed by atoms with Crippen molar-refractivity contribution in [2.45, 2.75) is 47.0 Å². The summed E-state index contributed by atoms with van der Waals surface area (Å²) in [5.74, 6) is 2.06. The van der Waals surface area contributed by atoms with Crippen LogP contribution in [-0.2, 0) is 4.79 Å². The van der Waals surface area contributed by atoms with Crippen molar-refractivity contribution in [2.24, 2.45) is 28.6 Å². The first kappa shape index (κ1) is 10.6. The maximum atomic E-state index is 12.2. The number of hydrogen-bond donors (Lipinski definition) is 0. The molecule has 4 aliphatic carbocycles. The van der Waals surface area contributed by atoms with Gasteiger partial charge >= 0.3 is 0 Å². The molecule has 4 bridgehead atoms. The smallest absolute Gasteiger partial charge is 0.159 e. The fourth-order valence-corrected chi connectivity index (χ4v) is 5.10. The SMILES string of the molecule is CC1=CC(=O)C2[C@@H]3C1[C@@]2(C)CCCC3(C)C. The van der Waals surface area contributed by atoms with E-state index in [0.29, 0.717) is 34.4 Å². The van der Waals surface area contributed by atoms with E-state index in [1.807, 2.05) is 6.08 Å². The second-order valence-electron chi connectivity index (χ2n) is 7.12. The van der Waals surface area contributed by atoms with Crippen LogP contribution in [0.25, 0.3) is 0 Å². The lowest BCUT2D eigenvalue weighted by Crippen LogP contribution is -2.63. The summed E-state index contributed by atoms with van der Waals surface area (Å²) in [6, 6.07) is 0. The van der Waals surface area contributed by atoms with Gasteiger partial charge in [-0.15, -0.1) is 0 Å². The molecule has 2 unspecified atom stereocenters. The quantitative estimate of drug-likeness (QED) is 0.607. The number of fused-ring (bicyclic) bond motifs is 1. The molecule has 4 aliphatic rings. The average molecular weight is 218 g/mol. The zero-order valence-corrected chi connectivity index (χ0v) is 10.8. The first-order valence-corrected chi connectivity index (χ1v) is 6.60. The van der Waals surface area contributed by atoms with E-state index in [1.165, 1.54) is 24.8 Å². The molecule has 4 atom stereocenters. The molecule has 0 spiro atoms. The highest BCUT2D eigenvalue weighted by atomic mass is 16.1. The van der Waals surface area contributed by atoms with E-state index in [2.05, 4.69) is 27.7 Å². The predicted octanol–water partition coefficient (Wildman–Crippen LogP) is 3.59. The van der Waals surface area contributed by atoms with E-state index in [9.17, 15) is 4.79 Å². The van der Waals surface area contributed by atoms with Crippen molar-refractivity contribution in [2.75, 3.05) is 0 Å². The van der Waals surface area contributed by atoms with Crippen LogP contribution < -0.4 is 0 Å². The molecule has 0 amide bonds. The van der Waals surface area contributed by atoms with Crippen LogP contribution in [0.15, 0.2) is 11.6 Å². The lowest BCUT2D eigenvalue weighted by atomic mass is 9.38. The van der Waals surface area contributed by atoms with Gasteiger partial charge in [0.15, 0.2) is 5.78 Å². The molecule has 2 fully saturated rings. The summed E-state index contributed by atoms with van der Waals surface area (Å²) >= 11 is 0. The predicted molar refractivity (Wildman–Crippen MR) is 65.0 cm³/mol. The number of allylic oxidation sites excluding steroid dienone is 2. The van der Waals surface area contributed by atoms with Gasteiger partial charge in [0.2, 0.25) is 0 Å². The summed E-state index contributed by atoms with van der Waals surface area (Å²) in [5.41, 5.74) is 2.01. The Morgan fingerprint density at radius 2 is 1.88 bits per heavy atom. The Kier molecular flexibility index (Phi) is 1.85. The lowest BCUT2D eigenvalue weighted by molar-refractivity contribution is -0.164. The number of hydrogen-bond acceptors (Lipinski definition) is 1. The summed E-state index contributed by atoms with van der Waals surface area (Å²) in [6.45, 7) is 9.27. The minimum absolute atomic E-state index is 0.300. The molecular formula is C15H22O. The highest BCUT2D eigenvalue weighted by Gasteiger charge is 2.67. The van der Waals surface area contributed by atoms with Crippen molar-refractivity contribution in [1.82, 2.24) is 0 Å². The summed E-state index contributed by atoms with van der Waals surface area (Å²) in [7, 11) is 0. The van der Waals surface area contributed by atoms with Gasteiger partial charge in [-0.3, -0.25) is 4.79 Å². The minimum atomic E-state index is 0.300. The maximum absolute atomic E-state index is 12.2. The van der Waals surface area contributed by atoms with Crippen molar-refractivity contribution < 1.29 is 4.79 Å². The fraction of sp³-hybridized carbons (Fsp3) is 0.800. The van der Waals surface area contributed by atoms with Crippen molar-refractivity contribution in [1.29, 1.82) is 0 Å². The van der Waals surface area contributed by atoms with Crippen molar-refractivity contribution in [3.05, 3.63) is 11.6 Å². The Bertz CT molecular complexity index is 390. The molecule has 2 saturated carbocycles. The van der Waals surface area contributed by atoms with Gasteiger partial charge in [0.1, 0.15) is 0 Å². The van der Waals surface area contributed by atoms with E-state index in [-0.39, 0.29) is 0 Å². The summed E-state index contributed by atoms with van der Waals surface area (Å²) in [6.07, 6.45) is 5.77. The molecule has 16 heavy (non-hydrogen) atoms. The minimum Gasteiger partial charge on any atom is -0.295 e. The molecule has 0 aliphatic heterocycles. The second kappa shape index (κ2) is 2.80. The molecule has 0 aromatic carbocycles. The van der Waals surface area contributed by atoms with E-state index >= 15 is 0 Å². The van der Waals surface area contributed by atoms with Crippen LogP contribution in [0, 0.1) is 28.6 Å². The van der Waals surface area contributed by atoms with Gasteiger partial charge in [-0.2, -0.15) is 0 Å². The molecule has 88 valence electrons. The van der Waals surface area contributed by atoms with Gasteiger partial charge in [0.05, 0.1) is 0 Å². The van der Waals surface area contributed by atoms with Gasteiger partial charge in [0.25, 0.3) is 0 Å². The third-order valence-electron chi connectivity index (χ3n) is 5.75. The number of carbonyl (C=O) groups excluding carboxylic acids is 1. The third-order valence-corrected chi connectivity index (χ3v) is 5.75. The van der Waals surface area contributed by atoms with Crippen LogP contribution in [0.4, 0.5) is 0 Å². The highest BCUT2D eigenvalue weighted by molar-refractivity contribution is 5.96. The Hall–Kier alpha value is -0.590. The molecule has 0 saturated heterocycles. The van der Waals surface area contributed by atoms with Crippen LogP contribution in [0.5, 0.6) is 0 Å².